The number of nitrogen functional groups attached to an aromatic ring is 2. The zero-order chi connectivity index (χ0) is 14.7. The van der Waals surface area contributed by atoms with E-state index in [0.717, 1.165) is 12.2 Å². The van der Waals surface area contributed by atoms with Gasteiger partial charge in [0.2, 0.25) is 12.1 Å². The van der Waals surface area contributed by atoms with Crippen molar-refractivity contribution >= 4 is 29.5 Å². The van der Waals surface area contributed by atoms with Gasteiger partial charge in [-0.05, 0) is 0 Å². The largest absolute Gasteiger partial charge is 0.383 e. The molecule has 8 nitrogen and oxygen atoms in total. The van der Waals surface area contributed by atoms with Gasteiger partial charge in [0.05, 0.1) is 6.20 Å². The van der Waals surface area contributed by atoms with Crippen molar-refractivity contribution in [3.8, 4) is 0 Å². The summed E-state index contributed by atoms with van der Waals surface area (Å²) in [5.41, 5.74) is 12.8. The van der Waals surface area contributed by atoms with Crippen molar-refractivity contribution in [2.24, 2.45) is 5.92 Å². The van der Waals surface area contributed by atoms with E-state index in [1.165, 1.54) is 6.21 Å². The highest BCUT2D eigenvalue weighted by Gasteiger charge is 2.13. The molecule has 8 heteroatoms. The van der Waals surface area contributed by atoms with Crippen LogP contribution in [0.2, 0.25) is 0 Å². The molecule has 0 saturated heterocycles. The maximum Gasteiger partial charge on any atom is 0.231 e. The molecule has 8 N–H and O–H groups in total. The molecule has 2 heterocycles. The maximum absolute atomic E-state index is 5.76. The molecule has 2 aromatic rings. The minimum atomic E-state index is 0.244. The lowest BCUT2D eigenvalue weighted by Crippen LogP contribution is -2.37. The predicted molar refractivity (Wildman–Crippen MR) is 77.1 cm³/mol. The smallest absolute Gasteiger partial charge is 0.231 e. The van der Waals surface area contributed by atoms with Crippen LogP contribution in [-0.4, -0.2) is 21.3 Å². The second kappa shape index (κ2) is 5.55. The summed E-state index contributed by atoms with van der Waals surface area (Å²) in [7, 11) is 0. The van der Waals surface area contributed by atoms with E-state index in [0.29, 0.717) is 17.4 Å². The summed E-state index contributed by atoms with van der Waals surface area (Å²) >= 11 is 0. The molecule has 2 aromatic heterocycles. The number of anilines is 4. The number of hydrogen-bond acceptors (Lipinski definition) is 5. The van der Waals surface area contributed by atoms with Crippen molar-refractivity contribution in [1.82, 2.24) is 15.1 Å². The molecule has 0 spiro atoms. The highest BCUT2D eigenvalue weighted by atomic mass is 15.3. The van der Waals surface area contributed by atoms with E-state index < -0.39 is 0 Å². The number of aromatic nitrogens is 4. The Kier molecular flexibility index (Phi) is 3.83. The molecular weight excluding hydrogens is 256 g/mol. The third-order valence-electron chi connectivity index (χ3n) is 2.67. The minimum Gasteiger partial charge on any atom is -0.383 e. The maximum atomic E-state index is 5.76. The molecule has 0 aromatic carbocycles. The molecule has 106 valence electrons. The Morgan fingerprint density at radius 3 is 2.60 bits per heavy atom. The minimum absolute atomic E-state index is 0.244. The second-order valence-electron chi connectivity index (χ2n) is 4.93. The molecule has 0 aliphatic heterocycles. The first kappa shape index (κ1) is 13.8. The summed E-state index contributed by atoms with van der Waals surface area (Å²) in [6.45, 7) is 5.19. The standard InChI is InChI=1S/C12H18N8/c1-7(2)5-20-6-8(4-16-20)17-12-18-10(14)9(3-13)11(15)19-12/h3-4,6-7H,5H2,1-2H3,(H6,13,14,15,17,18,19)/p+2. The first-order chi connectivity index (χ1) is 9.49. The number of rotatable bonds is 5. The molecule has 0 amide bonds. The fourth-order valence-electron chi connectivity index (χ4n) is 1.82. The van der Waals surface area contributed by atoms with Gasteiger partial charge in [-0.3, -0.25) is 5.41 Å². The highest BCUT2D eigenvalue weighted by molar-refractivity contribution is 5.88. The van der Waals surface area contributed by atoms with Gasteiger partial charge in [0.1, 0.15) is 22.9 Å². The number of nitrogens with zero attached hydrogens (tertiary/aromatic N) is 3. The third kappa shape index (κ3) is 3.02. The van der Waals surface area contributed by atoms with Crippen LogP contribution in [0.25, 0.3) is 0 Å². The lowest BCUT2D eigenvalue weighted by Gasteiger charge is -2.05. The monoisotopic (exact) mass is 276 g/mol. The molecule has 0 aliphatic rings. The van der Waals surface area contributed by atoms with Crippen molar-refractivity contribution in [2.45, 2.75) is 20.4 Å². The normalized spacial score (nSPS) is 10.8. The number of H-pyrrole nitrogens is 1. The molecule has 0 bridgehead atoms. The van der Waals surface area contributed by atoms with Gasteiger partial charge in [0.15, 0.2) is 12.8 Å². The van der Waals surface area contributed by atoms with E-state index in [9.17, 15) is 0 Å². The van der Waals surface area contributed by atoms with Gasteiger partial charge in [0.25, 0.3) is 0 Å². The van der Waals surface area contributed by atoms with Crippen LogP contribution >= 0.6 is 0 Å². The van der Waals surface area contributed by atoms with Crippen LogP contribution in [0.4, 0.5) is 23.3 Å². The molecule has 2 rings (SSSR count). The summed E-state index contributed by atoms with van der Waals surface area (Å²) in [4.78, 5) is 8.22. The van der Waals surface area contributed by atoms with E-state index in [1.807, 2.05) is 17.1 Å². The predicted octanol–water partition coefficient (Wildman–Crippen LogP) is -1.17. The van der Waals surface area contributed by atoms with E-state index in [-0.39, 0.29) is 11.6 Å². The van der Waals surface area contributed by atoms with Crippen LogP contribution < -0.4 is 26.9 Å². The van der Waals surface area contributed by atoms with Gasteiger partial charge in [-0.1, -0.05) is 13.8 Å². The molecule has 0 radical (unpaired) electrons. The summed E-state index contributed by atoms with van der Waals surface area (Å²) < 4.78 is 1.97. The van der Waals surface area contributed by atoms with E-state index in [1.54, 1.807) is 0 Å². The first-order valence-electron chi connectivity index (χ1n) is 6.32. The van der Waals surface area contributed by atoms with Crippen molar-refractivity contribution in [1.29, 1.82) is 0 Å². The second-order valence-corrected chi connectivity index (χ2v) is 4.93. The Hall–Kier alpha value is -2.64. The summed E-state index contributed by atoms with van der Waals surface area (Å²) in [5, 5.41) is 11.6. The van der Waals surface area contributed by atoms with Gasteiger partial charge in [-0.2, -0.15) is 15.1 Å². The zero-order valence-electron chi connectivity index (χ0n) is 11.6. The van der Waals surface area contributed by atoms with Crippen LogP contribution in [0.1, 0.15) is 19.4 Å². The number of aromatic amines is 1. The van der Waals surface area contributed by atoms with Gasteiger partial charge in [-0.15, -0.1) is 4.68 Å². The first-order valence-corrected chi connectivity index (χ1v) is 6.32. The Morgan fingerprint density at radius 1 is 1.40 bits per heavy atom. The average Bonchev–Trinajstić information content (AvgIpc) is 2.75. The Morgan fingerprint density at radius 2 is 2.05 bits per heavy atom. The summed E-state index contributed by atoms with van der Waals surface area (Å²) in [6.07, 6.45) is 5.04. The van der Waals surface area contributed by atoms with Crippen LogP contribution in [-0.2, 0) is 6.54 Å². The van der Waals surface area contributed by atoms with Crippen LogP contribution in [0, 0.1) is 5.92 Å². The molecule has 0 fully saturated rings. The fourth-order valence-corrected chi connectivity index (χ4v) is 1.82. The molecule has 20 heavy (non-hydrogen) atoms. The zero-order valence-corrected chi connectivity index (χ0v) is 11.6. The van der Waals surface area contributed by atoms with E-state index in [4.69, 9.17) is 16.9 Å². The molecule has 0 unspecified atom stereocenters. The Labute approximate surface area is 116 Å². The highest BCUT2D eigenvalue weighted by Crippen LogP contribution is 2.17. The number of nitrogens with two attached hydrogens (primary N) is 3. The quantitative estimate of drug-likeness (QED) is 0.346. The molecule has 0 saturated carbocycles. The van der Waals surface area contributed by atoms with Crippen molar-refractivity contribution in [2.75, 3.05) is 16.8 Å². The van der Waals surface area contributed by atoms with Crippen molar-refractivity contribution < 1.29 is 10.1 Å². The van der Waals surface area contributed by atoms with Crippen molar-refractivity contribution in [3.05, 3.63) is 18.0 Å². The number of nitrogens with one attached hydrogen (secondary N) is 2. The van der Waals surface area contributed by atoms with Gasteiger partial charge in [0, 0.05) is 5.92 Å². The van der Waals surface area contributed by atoms with Crippen LogP contribution in [0.3, 0.4) is 0 Å². The fraction of sp³-hybridized carbons (Fsp3) is 0.333. The lowest BCUT2D eigenvalue weighted by atomic mass is 10.2. The molecule has 0 atom stereocenters. The third-order valence-corrected chi connectivity index (χ3v) is 2.67. The van der Waals surface area contributed by atoms with Gasteiger partial charge < -0.3 is 16.8 Å². The number of hydrogen-bond donors (Lipinski definition) is 5. The van der Waals surface area contributed by atoms with Crippen molar-refractivity contribution in [3.63, 3.8) is 0 Å². The topological polar surface area (TPSA) is 135 Å². The van der Waals surface area contributed by atoms with E-state index in [2.05, 4.69) is 34.2 Å². The summed E-state index contributed by atoms with van der Waals surface area (Å²) in [5.74, 6) is 1.37. The molecule has 0 aliphatic carbocycles. The van der Waals surface area contributed by atoms with E-state index >= 15 is 0 Å². The van der Waals surface area contributed by atoms with Gasteiger partial charge in [-0.25, -0.2) is 0 Å². The van der Waals surface area contributed by atoms with Gasteiger partial charge >= 0.3 is 0 Å². The Bertz CT molecular complexity index is 593. The Balaban J connectivity index is 2.18. The SMILES string of the molecule is CC(C)C[n+]1cc(Nc2nc(N)c(C=[NH2+])c(N)n2)c[nH]1. The lowest BCUT2D eigenvalue weighted by molar-refractivity contribution is -0.754. The summed E-state index contributed by atoms with van der Waals surface area (Å²) in [6, 6.07) is 0. The van der Waals surface area contributed by atoms with Crippen LogP contribution in [0.15, 0.2) is 12.4 Å². The van der Waals surface area contributed by atoms with Crippen LogP contribution in [0.5, 0.6) is 0 Å². The molecular formula is C12H20N8+2. The average molecular weight is 276 g/mol.